The van der Waals surface area contributed by atoms with Crippen molar-refractivity contribution in [1.82, 2.24) is 4.57 Å². The first-order valence-corrected chi connectivity index (χ1v) is 11.2. The van der Waals surface area contributed by atoms with Crippen molar-refractivity contribution in [2.75, 3.05) is 0 Å². The molecule has 0 atom stereocenters. The van der Waals surface area contributed by atoms with E-state index in [1.165, 1.54) is 55.2 Å². The smallest absolute Gasteiger partial charge is 0.0494 e. The second-order valence-corrected chi connectivity index (χ2v) is 9.64. The highest BCUT2D eigenvalue weighted by Crippen LogP contribution is 2.49. The molecule has 6 rings (SSSR count). The topological polar surface area (TPSA) is 4.93 Å². The van der Waals surface area contributed by atoms with Crippen LogP contribution in [0.3, 0.4) is 0 Å². The molecule has 0 aliphatic heterocycles. The maximum Gasteiger partial charge on any atom is 0.0494 e. The number of hydrogen-bond acceptors (Lipinski definition) is 0. The van der Waals surface area contributed by atoms with E-state index < -0.39 is 0 Å². The SMILES string of the molecule is CC(C)n1c2ccccc2c2cc(-c3ccc4c(c3)C(C)(C)c3ccccc3-4)ccc21. The van der Waals surface area contributed by atoms with Gasteiger partial charge in [-0.25, -0.2) is 0 Å². The first kappa shape index (κ1) is 18.4. The summed E-state index contributed by atoms with van der Waals surface area (Å²) in [7, 11) is 0. The highest BCUT2D eigenvalue weighted by Gasteiger charge is 2.35. The molecule has 0 unspecified atom stereocenters. The minimum Gasteiger partial charge on any atom is -0.338 e. The lowest BCUT2D eigenvalue weighted by molar-refractivity contribution is 0.642. The van der Waals surface area contributed by atoms with Crippen LogP contribution in [-0.4, -0.2) is 4.57 Å². The zero-order chi connectivity index (χ0) is 21.3. The van der Waals surface area contributed by atoms with Crippen molar-refractivity contribution in [3.63, 3.8) is 0 Å². The number of para-hydroxylation sites is 1. The normalized spacial score (nSPS) is 14.4. The Morgan fingerprint density at radius 3 is 2.10 bits per heavy atom. The summed E-state index contributed by atoms with van der Waals surface area (Å²) in [5, 5.41) is 2.67. The van der Waals surface area contributed by atoms with Crippen LogP contribution in [0.15, 0.2) is 84.9 Å². The predicted octanol–water partition coefficient (Wildman–Crippen LogP) is 8.35. The molecule has 0 spiro atoms. The van der Waals surface area contributed by atoms with Crippen LogP contribution in [0.1, 0.15) is 44.9 Å². The van der Waals surface area contributed by atoms with Gasteiger partial charge in [0, 0.05) is 33.3 Å². The van der Waals surface area contributed by atoms with Gasteiger partial charge in [0.05, 0.1) is 0 Å². The summed E-state index contributed by atoms with van der Waals surface area (Å²) in [4.78, 5) is 0. The van der Waals surface area contributed by atoms with Crippen molar-refractivity contribution < 1.29 is 0 Å². The molecule has 152 valence electrons. The maximum atomic E-state index is 2.46. The van der Waals surface area contributed by atoms with Gasteiger partial charge in [-0.2, -0.15) is 0 Å². The van der Waals surface area contributed by atoms with Crippen LogP contribution >= 0.6 is 0 Å². The van der Waals surface area contributed by atoms with Gasteiger partial charge in [-0.15, -0.1) is 0 Å². The Morgan fingerprint density at radius 2 is 1.26 bits per heavy atom. The van der Waals surface area contributed by atoms with Gasteiger partial charge in [0.15, 0.2) is 0 Å². The molecule has 1 aliphatic carbocycles. The van der Waals surface area contributed by atoms with Crippen LogP contribution in [0, 0.1) is 0 Å². The molecule has 1 heteroatoms. The molecule has 0 amide bonds. The Kier molecular flexibility index (Phi) is 3.77. The number of benzene rings is 4. The van der Waals surface area contributed by atoms with Gasteiger partial charge in [0.25, 0.3) is 0 Å². The number of nitrogens with zero attached hydrogens (tertiary/aromatic N) is 1. The Labute approximate surface area is 184 Å². The van der Waals surface area contributed by atoms with E-state index in [0.717, 1.165) is 0 Å². The van der Waals surface area contributed by atoms with Crippen LogP contribution in [-0.2, 0) is 5.41 Å². The summed E-state index contributed by atoms with van der Waals surface area (Å²) in [6.45, 7) is 9.22. The second kappa shape index (κ2) is 6.34. The molecule has 1 nitrogen and oxygen atoms in total. The van der Waals surface area contributed by atoms with Crippen molar-refractivity contribution in [3.8, 4) is 22.3 Å². The minimum atomic E-state index is 0.0275. The summed E-state index contributed by atoms with van der Waals surface area (Å²) < 4.78 is 2.46. The highest BCUT2D eigenvalue weighted by atomic mass is 15.0. The third-order valence-electron chi connectivity index (χ3n) is 7.14. The first-order valence-electron chi connectivity index (χ1n) is 11.2. The zero-order valence-electron chi connectivity index (χ0n) is 18.6. The van der Waals surface area contributed by atoms with Crippen molar-refractivity contribution >= 4 is 21.8 Å². The van der Waals surface area contributed by atoms with Crippen LogP contribution in [0.2, 0.25) is 0 Å². The average Bonchev–Trinajstić information content (AvgIpc) is 3.23. The van der Waals surface area contributed by atoms with Crippen LogP contribution in [0.25, 0.3) is 44.1 Å². The molecule has 0 bridgehead atoms. The number of aromatic nitrogens is 1. The Bertz CT molecular complexity index is 1480. The molecule has 0 N–H and O–H groups in total. The number of fused-ring (bicyclic) bond motifs is 6. The van der Waals surface area contributed by atoms with Gasteiger partial charge in [-0.05, 0) is 71.5 Å². The van der Waals surface area contributed by atoms with Gasteiger partial charge in [-0.1, -0.05) is 74.5 Å². The molecule has 31 heavy (non-hydrogen) atoms. The van der Waals surface area contributed by atoms with Gasteiger partial charge < -0.3 is 4.57 Å². The lowest BCUT2D eigenvalue weighted by Crippen LogP contribution is -2.14. The molecule has 5 aromatic rings. The first-order chi connectivity index (χ1) is 15.0. The standard InChI is InChI=1S/C30H27N/c1-19(2)31-28-12-8-6-10-24(28)25-17-20(14-16-29(25)31)21-13-15-23-22-9-5-7-11-26(22)30(3,4)27(23)18-21/h5-19H,1-4H3. The summed E-state index contributed by atoms with van der Waals surface area (Å²) in [5.74, 6) is 0. The third-order valence-corrected chi connectivity index (χ3v) is 7.14. The van der Waals surface area contributed by atoms with Crippen molar-refractivity contribution in [2.45, 2.75) is 39.2 Å². The Hall–Kier alpha value is -3.32. The van der Waals surface area contributed by atoms with Gasteiger partial charge in [0.1, 0.15) is 0 Å². The van der Waals surface area contributed by atoms with Crippen LogP contribution < -0.4 is 0 Å². The van der Waals surface area contributed by atoms with Crippen LogP contribution in [0.5, 0.6) is 0 Å². The zero-order valence-corrected chi connectivity index (χ0v) is 18.6. The average molecular weight is 402 g/mol. The maximum absolute atomic E-state index is 2.46. The van der Waals surface area contributed by atoms with E-state index in [-0.39, 0.29) is 5.41 Å². The quantitative estimate of drug-likeness (QED) is 0.280. The van der Waals surface area contributed by atoms with E-state index in [2.05, 4.69) is 117 Å². The van der Waals surface area contributed by atoms with E-state index >= 15 is 0 Å². The summed E-state index contributed by atoms with van der Waals surface area (Å²) >= 11 is 0. The third kappa shape index (κ3) is 2.50. The van der Waals surface area contributed by atoms with Gasteiger partial charge >= 0.3 is 0 Å². The molecule has 0 radical (unpaired) electrons. The Morgan fingerprint density at radius 1 is 0.613 bits per heavy atom. The van der Waals surface area contributed by atoms with E-state index in [9.17, 15) is 0 Å². The molecule has 4 aromatic carbocycles. The monoisotopic (exact) mass is 401 g/mol. The van der Waals surface area contributed by atoms with Gasteiger partial charge in [0.2, 0.25) is 0 Å². The van der Waals surface area contributed by atoms with E-state index in [0.29, 0.717) is 6.04 Å². The molecule has 1 aliphatic rings. The van der Waals surface area contributed by atoms with E-state index in [4.69, 9.17) is 0 Å². The molecule has 1 heterocycles. The largest absolute Gasteiger partial charge is 0.338 e. The predicted molar refractivity (Wildman–Crippen MR) is 133 cm³/mol. The fourth-order valence-corrected chi connectivity index (χ4v) is 5.62. The van der Waals surface area contributed by atoms with E-state index in [1.807, 2.05) is 0 Å². The molecule has 1 aromatic heterocycles. The van der Waals surface area contributed by atoms with E-state index in [1.54, 1.807) is 0 Å². The molecular formula is C30H27N. The summed E-state index contributed by atoms with van der Waals surface area (Å²) in [6, 6.07) is 32.1. The van der Waals surface area contributed by atoms with Crippen LogP contribution in [0.4, 0.5) is 0 Å². The van der Waals surface area contributed by atoms with Crippen molar-refractivity contribution in [1.29, 1.82) is 0 Å². The number of rotatable bonds is 2. The Balaban J connectivity index is 1.56. The fourth-order valence-electron chi connectivity index (χ4n) is 5.62. The van der Waals surface area contributed by atoms with Crippen molar-refractivity contribution in [2.24, 2.45) is 0 Å². The lowest BCUT2D eigenvalue weighted by atomic mass is 9.81. The summed E-state index contributed by atoms with van der Waals surface area (Å²) in [6.07, 6.45) is 0. The summed E-state index contributed by atoms with van der Waals surface area (Å²) in [5.41, 5.74) is 10.8. The second-order valence-electron chi connectivity index (χ2n) is 9.64. The molecular weight excluding hydrogens is 374 g/mol. The highest BCUT2D eigenvalue weighted by molar-refractivity contribution is 6.09. The molecule has 0 saturated heterocycles. The minimum absolute atomic E-state index is 0.0275. The lowest BCUT2D eigenvalue weighted by Gasteiger charge is -2.22. The fraction of sp³-hybridized carbons (Fsp3) is 0.200. The molecule has 0 fully saturated rings. The van der Waals surface area contributed by atoms with Crippen molar-refractivity contribution in [3.05, 3.63) is 96.1 Å². The number of hydrogen-bond donors (Lipinski definition) is 0. The van der Waals surface area contributed by atoms with Gasteiger partial charge in [-0.3, -0.25) is 0 Å². The molecule has 0 saturated carbocycles.